The van der Waals surface area contributed by atoms with Crippen LogP contribution in [0.1, 0.15) is 58.8 Å². The van der Waals surface area contributed by atoms with E-state index in [0.717, 1.165) is 26.1 Å². The van der Waals surface area contributed by atoms with Crippen molar-refractivity contribution in [2.45, 2.75) is 76.9 Å². The Kier molecular flexibility index (Phi) is 4.66. The van der Waals surface area contributed by atoms with Crippen LogP contribution < -0.4 is 0 Å². The van der Waals surface area contributed by atoms with Crippen molar-refractivity contribution < 1.29 is 14.7 Å². The molecule has 1 atom stereocenters. The van der Waals surface area contributed by atoms with Gasteiger partial charge in [-0.3, -0.25) is 4.79 Å². The average molecular weight is 364 g/mol. The van der Waals surface area contributed by atoms with Crippen molar-refractivity contribution in [2.75, 3.05) is 26.2 Å². The molecule has 0 aromatic carbocycles. The summed E-state index contributed by atoms with van der Waals surface area (Å²) in [5, 5.41) is 9.18. The van der Waals surface area contributed by atoms with E-state index in [1.165, 1.54) is 38.5 Å². The van der Waals surface area contributed by atoms with Crippen LogP contribution in [0.25, 0.3) is 0 Å². The molecule has 4 rings (SSSR count). The molecule has 146 valence electrons. The van der Waals surface area contributed by atoms with E-state index >= 15 is 0 Å². The fraction of sp³-hybridized carbons (Fsp3) is 0.900. The fourth-order valence-electron chi connectivity index (χ4n) is 5.85. The normalized spacial score (nSPS) is 33.9. The number of rotatable bonds is 4. The zero-order valence-electron chi connectivity index (χ0n) is 16.2. The van der Waals surface area contributed by atoms with Gasteiger partial charge >= 0.3 is 6.09 Å². The van der Waals surface area contributed by atoms with Crippen molar-refractivity contribution in [3.63, 3.8) is 0 Å². The first-order valence-corrected chi connectivity index (χ1v) is 10.4. The van der Waals surface area contributed by atoms with Crippen molar-refractivity contribution in [1.29, 1.82) is 0 Å². The largest absolute Gasteiger partial charge is 0.465 e. The molecule has 0 bridgehead atoms. The lowest BCUT2D eigenvalue weighted by molar-refractivity contribution is -0.133. The smallest absolute Gasteiger partial charge is 0.407 e. The number of piperidine rings is 1. The summed E-state index contributed by atoms with van der Waals surface area (Å²) in [5.74, 6) is 0.867. The maximum absolute atomic E-state index is 12.0. The van der Waals surface area contributed by atoms with Crippen molar-refractivity contribution >= 4 is 12.0 Å². The van der Waals surface area contributed by atoms with Crippen molar-refractivity contribution in [1.82, 2.24) is 14.7 Å². The summed E-state index contributed by atoms with van der Waals surface area (Å²) in [7, 11) is 0. The van der Waals surface area contributed by atoms with Gasteiger partial charge in [-0.15, -0.1) is 0 Å². The molecule has 2 aliphatic carbocycles. The van der Waals surface area contributed by atoms with Gasteiger partial charge in [-0.05, 0) is 76.3 Å². The standard InChI is InChI=1S/C20H33N3O3/c1-14(23(15(2)24)17-3-4-17)16-5-8-21(9-6-16)18-11-20(12-18)7-10-22(13-20)19(25)26/h14,16-18H,3-13H2,1-2H3,(H,25,26). The summed E-state index contributed by atoms with van der Waals surface area (Å²) in [6.07, 6.45) is 7.34. The lowest BCUT2D eigenvalue weighted by Gasteiger charge is -2.52. The first kappa shape index (κ1) is 18.1. The van der Waals surface area contributed by atoms with Gasteiger partial charge in [0.2, 0.25) is 5.91 Å². The number of hydrogen-bond donors (Lipinski definition) is 1. The molecule has 1 N–H and O–H groups in total. The maximum Gasteiger partial charge on any atom is 0.407 e. The summed E-state index contributed by atoms with van der Waals surface area (Å²) in [5.41, 5.74) is 0.268. The van der Waals surface area contributed by atoms with Crippen LogP contribution in [-0.4, -0.2) is 76.1 Å². The molecule has 2 aliphatic heterocycles. The van der Waals surface area contributed by atoms with Crippen LogP contribution in [0.2, 0.25) is 0 Å². The average Bonchev–Trinajstić information content (AvgIpc) is 3.28. The molecule has 1 spiro atoms. The summed E-state index contributed by atoms with van der Waals surface area (Å²) < 4.78 is 0. The lowest BCUT2D eigenvalue weighted by Crippen LogP contribution is -2.55. The van der Waals surface area contributed by atoms with Crippen molar-refractivity contribution in [2.24, 2.45) is 11.3 Å². The highest BCUT2D eigenvalue weighted by atomic mass is 16.4. The summed E-state index contributed by atoms with van der Waals surface area (Å²) in [6, 6.07) is 1.52. The van der Waals surface area contributed by atoms with E-state index < -0.39 is 6.09 Å². The second kappa shape index (κ2) is 6.70. The fourth-order valence-corrected chi connectivity index (χ4v) is 5.85. The number of amides is 2. The first-order valence-electron chi connectivity index (χ1n) is 10.4. The molecule has 0 radical (unpaired) electrons. The quantitative estimate of drug-likeness (QED) is 0.834. The Bertz CT molecular complexity index is 563. The highest BCUT2D eigenvalue weighted by Crippen LogP contribution is 2.50. The van der Waals surface area contributed by atoms with Crippen LogP contribution in [0.4, 0.5) is 4.79 Å². The van der Waals surface area contributed by atoms with Crippen LogP contribution in [0.15, 0.2) is 0 Å². The van der Waals surface area contributed by atoms with E-state index in [1.807, 2.05) is 0 Å². The second-order valence-electron chi connectivity index (χ2n) is 9.29. The van der Waals surface area contributed by atoms with Crippen LogP contribution in [0, 0.1) is 11.3 Å². The minimum atomic E-state index is -0.759. The number of nitrogens with zero attached hydrogens (tertiary/aromatic N) is 3. The molecular weight excluding hydrogens is 330 g/mol. The maximum atomic E-state index is 12.0. The molecule has 4 aliphatic rings. The molecule has 6 nitrogen and oxygen atoms in total. The molecule has 0 aromatic rings. The third-order valence-corrected chi connectivity index (χ3v) is 7.56. The molecule has 2 amide bonds. The summed E-state index contributed by atoms with van der Waals surface area (Å²) >= 11 is 0. The molecule has 2 saturated heterocycles. The Morgan fingerprint density at radius 2 is 1.77 bits per heavy atom. The van der Waals surface area contributed by atoms with Gasteiger partial charge in [-0.25, -0.2) is 4.79 Å². The number of carbonyl (C=O) groups is 2. The van der Waals surface area contributed by atoms with E-state index in [1.54, 1.807) is 11.8 Å². The van der Waals surface area contributed by atoms with E-state index in [-0.39, 0.29) is 11.3 Å². The number of likely N-dealkylation sites (tertiary alicyclic amines) is 2. The molecule has 26 heavy (non-hydrogen) atoms. The minimum absolute atomic E-state index is 0.243. The third kappa shape index (κ3) is 3.32. The monoisotopic (exact) mass is 363 g/mol. The Hall–Kier alpha value is -1.30. The Labute approximate surface area is 156 Å². The second-order valence-corrected chi connectivity index (χ2v) is 9.29. The molecular formula is C20H33N3O3. The van der Waals surface area contributed by atoms with E-state index in [9.17, 15) is 14.7 Å². The Morgan fingerprint density at radius 3 is 2.27 bits per heavy atom. The van der Waals surface area contributed by atoms with Crippen molar-refractivity contribution in [3.05, 3.63) is 0 Å². The number of carboxylic acid groups (broad SMARTS) is 1. The minimum Gasteiger partial charge on any atom is -0.465 e. The number of hydrogen-bond acceptors (Lipinski definition) is 3. The topological polar surface area (TPSA) is 64.1 Å². The molecule has 6 heteroatoms. The highest BCUT2D eigenvalue weighted by Gasteiger charge is 2.51. The molecule has 0 aromatic heterocycles. The first-order chi connectivity index (χ1) is 12.4. The molecule has 2 heterocycles. The van der Waals surface area contributed by atoms with Crippen LogP contribution in [-0.2, 0) is 4.79 Å². The highest BCUT2D eigenvalue weighted by molar-refractivity contribution is 5.74. The van der Waals surface area contributed by atoms with E-state index in [2.05, 4.69) is 16.7 Å². The van der Waals surface area contributed by atoms with Gasteiger partial charge < -0.3 is 19.8 Å². The van der Waals surface area contributed by atoms with Gasteiger partial charge in [0, 0.05) is 38.1 Å². The predicted molar refractivity (Wildman–Crippen MR) is 99.0 cm³/mol. The predicted octanol–water partition coefficient (Wildman–Crippen LogP) is 2.63. The van der Waals surface area contributed by atoms with Gasteiger partial charge in [0.1, 0.15) is 0 Å². The molecule has 1 unspecified atom stereocenters. The van der Waals surface area contributed by atoms with Gasteiger partial charge in [-0.2, -0.15) is 0 Å². The van der Waals surface area contributed by atoms with Gasteiger partial charge in [0.25, 0.3) is 0 Å². The van der Waals surface area contributed by atoms with Gasteiger partial charge in [-0.1, -0.05) is 0 Å². The SMILES string of the molecule is CC(=O)N(C1CC1)C(C)C1CCN(C2CC3(CCN(C(=O)O)C3)C2)CC1. The summed E-state index contributed by atoms with van der Waals surface area (Å²) in [4.78, 5) is 29.6. The third-order valence-electron chi connectivity index (χ3n) is 7.56. The van der Waals surface area contributed by atoms with Gasteiger partial charge in [0.05, 0.1) is 0 Å². The van der Waals surface area contributed by atoms with Crippen molar-refractivity contribution in [3.8, 4) is 0 Å². The molecule has 2 saturated carbocycles. The van der Waals surface area contributed by atoms with Crippen LogP contribution in [0.5, 0.6) is 0 Å². The lowest BCUT2D eigenvalue weighted by atomic mass is 9.64. The van der Waals surface area contributed by atoms with Crippen LogP contribution in [0.3, 0.4) is 0 Å². The molecule has 4 fully saturated rings. The van der Waals surface area contributed by atoms with Crippen LogP contribution >= 0.6 is 0 Å². The summed E-state index contributed by atoms with van der Waals surface area (Å²) in [6.45, 7) is 7.69. The zero-order valence-corrected chi connectivity index (χ0v) is 16.2. The Balaban J connectivity index is 1.25. The van der Waals surface area contributed by atoms with E-state index in [0.29, 0.717) is 30.6 Å². The number of carbonyl (C=O) groups excluding carboxylic acids is 1. The van der Waals surface area contributed by atoms with E-state index in [4.69, 9.17) is 0 Å². The Morgan fingerprint density at radius 1 is 1.12 bits per heavy atom. The zero-order chi connectivity index (χ0) is 18.5. The van der Waals surface area contributed by atoms with Gasteiger partial charge in [0.15, 0.2) is 0 Å².